The molecule has 4 N–H and O–H groups in total. The van der Waals surface area contributed by atoms with E-state index in [-0.39, 0.29) is 37.0 Å². The van der Waals surface area contributed by atoms with Gasteiger partial charge in [0, 0.05) is 37.7 Å². The van der Waals surface area contributed by atoms with E-state index >= 15 is 0 Å². The number of esters is 1. The predicted molar refractivity (Wildman–Crippen MR) is 145 cm³/mol. The zero-order chi connectivity index (χ0) is 29.4. The Morgan fingerprint density at radius 2 is 1.95 bits per heavy atom. The molecule has 1 aromatic rings. The van der Waals surface area contributed by atoms with Gasteiger partial charge in [0.15, 0.2) is 0 Å². The molecule has 0 aromatic heterocycles. The summed E-state index contributed by atoms with van der Waals surface area (Å²) in [5.41, 5.74) is 3.98. The van der Waals surface area contributed by atoms with Crippen molar-refractivity contribution in [2.24, 2.45) is 5.92 Å². The highest BCUT2D eigenvalue weighted by molar-refractivity contribution is 5.94. The molecule has 1 aromatic carbocycles. The van der Waals surface area contributed by atoms with Crippen LogP contribution in [0.1, 0.15) is 38.7 Å². The first-order valence-electron chi connectivity index (χ1n) is 13.2. The molecule has 0 aliphatic carbocycles. The highest BCUT2D eigenvalue weighted by atomic mass is 16.5. The second kappa shape index (κ2) is 13.7. The fourth-order valence-corrected chi connectivity index (χ4v) is 4.56. The minimum atomic E-state index is -1.06. The van der Waals surface area contributed by atoms with Crippen LogP contribution in [0.2, 0.25) is 0 Å². The van der Waals surface area contributed by atoms with E-state index in [1.165, 1.54) is 35.2 Å². The Hall–Kier alpha value is -4.19. The lowest BCUT2D eigenvalue weighted by molar-refractivity contribution is -0.151. The highest BCUT2D eigenvalue weighted by Crippen LogP contribution is 2.17. The Bertz CT molecular complexity index is 1160. The van der Waals surface area contributed by atoms with E-state index in [1.807, 2.05) is 0 Å². The number of phenols is 1. The Kier molecular flexibility index (Phi) is 10.4. The van der Waals surface area contributed by atoms with Gasteiger partial charge in [0.05, 0.1) is 7.11 Å². The first-order chi connectivity index (χ1) is 19.0. The van der Waals surface area contributed by atoms with Crippen molar-refractivity contribution < 1.29 is 33.8 Å². The number of hydrogen-bond acceptors (Lipinski definition) is 8. The number of hydrogen-bond donors (Lipinski definition) is 4. The van der Waals surface area contributed by atoms with Crippen LogP contribution >= 0.6 is 0 Å². The van der Waals surface area contributed by atoms with Gasteiger partial charge in [-0.05, 0) is 42.5 Å². The number of phenolic OH excluding ortho intramolecular Hbond substituents is 1. The lowest BCUT2D eigenvalue weighted by atomic mass is 10.00. The van der Waals surface area contributed by atoms with Crippen molar-refractivity contribution in [2.45, 2.75) is 57.7 Å². The molecule has 2 heterocycles. The molecule has 1 saturated heterocycles. The van der Waals surface area contributed by atoms with Gasteiger partial charge in [-0.25, -0.2) is 5.43 Å². The average molecular weight is 556 g/mol. The fourth-order valence-electron chi connectivity index (χ4n) is 4.56. The first kappa shape index (κ1) is 30.4. The average Bonchev–Trinajstić information content (AvgIpc) is 3.25. The van der Waals surface area contributed by atoms with E-state index in [0.717, 1.165) is 0 Å². The van der Waals surface area contributed by atoms with Crippen LogP contribution in [-0.2, 0) is 35.1 Å². The van der Waals surface area contributed by atoms with E-state index in [1.54, 1.807) is 32.1 Å². The summed E-state index contributed by atoms with van der Waals surface area (Å²) in [6, 6.07) is 3.63. The number of nitrogens with zero attached hydrogens (tertiary/aromatic N) is 2. The maximum atomic E-state index is 13.6. The quantitative estimate of drug-likeness (QED) is 0.288. The van der Waals surface area contributed by atoms with Gasteiger partial charge in [-0.1, -0.05) is 32.6 Å². The minimum absolute atomic E-state index is 0.0126. The SMILES string of the molecule is C=C1C=CC(=O)N1CCC(=O)N[C@H](C(=O)N[C@@H](Cc1cccc(O)c1)C(=O)N1CCC[C@@H](C(=O)OC)N1)C(C)C. The number of benzene rings is 1. The molecule has 1 fully saturated rings. The Morgan fingerprint density at radius 1 is 1.20 bits per heavy atom. The number of ether oxygens (including phenoxy) is 1. The predicted octanol–water partition coefficient (Wildman–Crippen LogP) is 0.531. The molecule has 0 bridgehead atoms. The topological polar surface area (TPSA) is 157 Å². The number of rotatable bonds is 11. The van der Waals surface area contributed by atoms with Gasteiger partial charge in [-0.3, -0.25) is 29.0 Å². The fraction of sp³-hybridized carbons (Fsp3) is 0.464. The Balaban J connectivity index is 1.72. The van der Waals surface area contributed by atoms with Gasteiger partial charge in [-0.2, -0.15) is 0 Å². The number of nitrogens with one attached hydrogen (secondary N) is 3. The second-order valence-electron chi connectivity index (χ2n) is 10.1. The van der Waals surface area contributed by atoms with Crippen molar-refractivity contribution in [2.75, 3.05) is 20.2 Å². The van der Waals surface area contributed by atoms with E-state index in [4.69, 9.17) is 4.74 Å². The third-order valence-corrected chi connectivity index (χ3v) is 6.76. The molecule has 3 atom stereocenters. The van der Waals surface area contributed by atoms with Crippen molar-refractivity contribution >= 4 is 29.6 Å². The molecule has 3 rings (SSSR count). The molecule has 0 radical (unpaired) electrons. The van der Waals surface area contributed by atoms with Crippen LogP contribution in [0.3, 0.4) is 0 Å². The van der Waals surface area contributed by atoms with Gasteiger partial charge < -0.3 is 25.4 Å². The van der Waals surface area contributed by atoms with E-state index in [0.29, 0.717) is 30.6 Å². The maximum Gasteiger partial charge on any atom is 0.324 e. The van der Waals surface area contributed by atoms with Crippen molar-refractivity contribution in [3.8, 4) is 5.75 Å². The molecule has 2 aliphatic rings. The summed E-state index contributed by atoms with van der Waals surface area (Å²) in [5, 5.41) is 16.7. The number of carbonyl (C=O) groups excluding carboxylic acids is 5. The van der Waals surface area contributed by atoms with Gasteiger partial charge in [0.1, 0.15) is 23.9 Å². The van der Waals surface area contributed by atoms with E-state index in [2.05, 4.69) is 22.6 Å². The number of allylic oxidation sites excluding steroid dienone is 1. The number of aromatic hydroxyl groups is 1. The lowest BCUT2D eigenvalue weighted by Crippen LogP contribution is -2.62. The van der Waals surface area contributed by atoms with Crippen molar-refractivity contribution in [3.05, 3.63) is 54.3 Å². The van der Waals surface area contributed by atoms with E-state index in [9.17, 15) is 29.1 Å². The third-order valence-electron chi connectivity index (χ3n) is 6.76. The molecule has 0 saturated carbocycles. The van der Waals surface area contributed by atoms with Crippen LogP contribution < -0.4 is 16.1 Å². The molecular formula is C28H37N5O7. The smallest absolute Gasteiger partial charge is 0.324 e. The minimum Gasteiger partial charge on any atom is -0.508 e. The summed E-state index contributed by atoms with van der Waals surface area (Å²) in [7, 11) is 1.27. The van der Waals surface area contributed by atoms with Crippen LogP contribution in [0.5, 0.6) is 5.75 Å². The Morgan fingerprint density at radius 3 is 2.58 bits per heavy atom. The van der Waals surface area contributed by atoms with Crippen LogP contribution in [-0.4, -0.2) is 82.9 Å². The third kappa shape index (κ3) is 7.92. The molecule has 0 spiro atoms. The molecule has 0 unspecified atom stereocenters. The van der Waals surface area contributed by atoms with Crippen LogP contribution in [0.4, 0.5) is 0 Å². The van der Waals surface area contributed by atoms with Gasteiger partial charge in [0.2, 0.25) is 11.8 Å². The number of hydrazine groups is 1. The van der Waals surface area contributed by atoms with Crippen molar-refractivity contribution in [1.82, 2.24) is 26.0 Å². The summed E-state index contributed by atoms with van der Waals surface area (Å²) >= 11 is 0. The van der Waals surface area contributed by atoms with E-state index < -0.39 is 41.8 Å². The second-order valence-corrected chi connectivity index (χ2v) is 10.1. The molecule has 2 aliphatic heterocycles. The van der Waals surface area contributed by atoms with Gasteiger partial charge in [0.25, 0.3) is 11.8 Å². The summed E-state index contributed by atoms with van der Waals surface area (Å²) in [4.78, 5) is 65.1. The molecule has 40 heavy (non-hydrogen) atoms. The number of amides is 4. The molecular weight excluding hydrogens is 518 g/mol. The van der Waals surface area contributed by atoms with Crippen LogP contribution in [0.15, 0.2) is 48.7 Å². The number of carbonyl (C=O) groups is 5. The summed E-state index contributed by atoms with van der Waals surface area (Å²) in [6.07, 6.45) is 4.01. The number of methoxy groups -OCH3 is 1. The van der Waals surface area contributed by atoms with Crippen LogP contribution in [0, 0.1) is 5.92 Å². The molecule has 216 valence electrons. The summed E-state index contributed by atoms with van der Waals surface area (Å²) in [5.74, 6) is -2.53. The summed E-state index contributed by atoms with van der Waals surface area (Å²) < 4.78 is 4.80. The summed E-state index contributed by atoms with van der Waals surface area (Å²) in [6.45, 7) is 7.73. The highest BCUT2D eigenvalue weighted by Gasteiger charge is 2.35. The van der Waals surface area contributed by atoms with Crippen LogP contribution in [0.25, 0.3) is 0 Å². The van der Waals surface area contributed by atoms with Crippen molar-refractivity contribution in [3.63, 3.8) is 0 Å². The van der Waals surface area contributed by atoms with Gasteiger partial charge >= 0.3 is 5.97 Å². The normalized spacial score (nSPS) is 18.4. The monoisotopic (exact) mass is 555 g/mol. The first-order valence-corrected chi connectivity index (χ1v) is 13.2. The maximum absolute atomic E-state index is 13.6. The zero-order valence-corrected chi connectivity index (χ0v) is 23.0. The van der Waals surface area contributed by atoms with Gasteiger partial charge in [-0.15, -0.1) is 0 Å². The zero-order valence-electron chi connectivity index (χ0n) is 23.0. The van der Waals surface area contributed by atoms with Crippen molar-refractivity contribution in [1.29, 1.82) is 0 Å². The Labute approximate surface area is 233 Å². The lowest BCUT2D eigenvalue weighted by Gasteiger charge is -2.35. The molecule has 4 amide bonds. The largest absolute Gasteiger partial charge is 0.508 e. The molecule has 12 heteroatoms. The molecule has 12 nitrogen and oxygen atoms in total. The standard InChI is InChI=1S/C28H37N5O7/c1-17(2)25(30-23(35)12-14-32-18(3)10-11-24(32)36)26(37)29-22(16-19-7-5-8-20(34)15-19)27(38)33-13-6-9-21(31-33)28(39)40-4/h5,7-8,10-11,15,17,21-22,25,31,34H,3,6,9,12-14,16H2,1-2,4H3,(H,29,37)(H,30,35)/t21-,22-,25-/m0/s1.